The number of benzene rings is 1. The molecule has 8 heteroatoms. The van der Waals surface area contributed by atoms with Crippen LogP contribution in [0.3, 0.4) is 0 Å². The van der Waals surface area contributed by atoms with Crippen molar-refractivity contribution in [1.82, 2.24) is 24.8 Å². The van der Waals surface area contributed by atoms with Crippen molar-refractivity contribution >= 4 is 22.8 Å². The highest BCUT2D eigenvalue weighted by atomic mass is 19.1. The number of nitrogens with zero attached hydrogens (tertiary/aromatic N) is 4. The Kier molecular flexibility index (Phi) is 5.13. The molecule has 5 rings (SSSR count). The standard InChI is InChI=1S/C23H24FN5O2/c24-18-6-2-1-5-17(18)23(31)28-10-3-4-16(14-28)22(30)29-11-8-15(13-29)21-26-19-7-9-25-12-20(19)27-21/h1-2,5-7,9,12,15-16H,3-4,8,10-11,13-14H2,(H,26,27). The van der Waals surface area contributed by atoms with Gasteiger partial charge in [-0.25, -0.2) is 9.37 Å². The van der Waals surface area contributed by atoms with Gasteiger partial charge in [0.25, 0.3) is 5.91 Å². The maximum atomic E-state index is 14.0. The van der Waals surface area contributed by atoms with Gasteiger partial charge in [-0.3, -0.25) is 14.6 Å². The average Bonchev–Trinajstić information content (AvgIpc) is 3.46. The zero-order chi connectivity index (χ0) is 21.4. The van der Waals surface area contributed by atoms with Crippen LogP contribution in [0.2, 0.25) is 0 Å². The minimum atomic E-state index is -0.524. The topological polar surface area (TPSA) is 82.2 Å². The van der Waals surface area contributed by atoms with E-state index in [1.165, 1.54) is 12.1 Å². The summed E-state index contributed by atoms with van der Waals surface area (Å²) >= 11 is 0. The van der Waals surface area contributed by atoms with Crippen LogP contribution in [0, 0.1) is 11.7 Å². The van der Waals surface area contributed by atoms with Gasteiger partial charge in [0.05, 0.1) is 28.7 Å². The van der Waals surface area contributed by atoms with Crippen LogP contribution in [-0.4, -0.2) is 62.7 Å². The first kappa shape index (κ1) is 19.7. The van der Waals surface area contributed by atoms with Gasteiger partial charge in [0.2, 0.25) is 5.91 Å². The van der Waals surface area contributed by atoms with E-state index in [4.69, 9.17) is 0 Å². The van der Waals surface area contributed by atoms with Crippen molar-refractivity contribution in [2.45, 2.75) is 25.2 Å². The van der Waals surface area contributed by atoms with Gasteiger partial charge >= 0.3 is 0 Å². The molecule has 2 aromatic heterocycles. The maximum absolute atomic E-state index is 14.0. The highest BCUT2D eigenvalue weighted by Crippen LogP contribution is 2.29. The molecule has 31 heavy (non-hydrogen) atoms. The lowest BCUT2D eigenvalue weighted by Gasteiger charge is -2.34. The van der Waals surface area contributed by atoms with Crippen LogP contribution in [0.4, 0.5) is 4.39 Å². The number of rotatable bonds is 3. The van der Waals surface area contributed by atoms with Crippen LogP contribution in [0.1, 0.15) is 41.4 Å². The van der Waals surface area contributed by atoms with Gasteiger partial charge in [-0.2, -0.15) is 0 Å². The molecule has 0 saturated carbocycles. The third-order valence-electron chi connectivity index (χ3n) is 6.35. The molecule has 2 saturated heterocycles. The fourth-order valence-electron chi connectivity index (χ4n) is 4.68. The molecule has 3 aromatic rings. The summed E-state index contributed by atoms with van der Waals surface area (Å²) in [4.78, 5) is 41.6. The van der Waals surface area contributed by atoms with E-state index >= 15 is 0 Å². The van der Waals surface area contributed by atoms with Gasteiger partial charge in [-0.15, -0.1) is 0 Å². The Morgan fingerprint density at radius 1 is 1.06 bits per heavy atom. The number of nitrogens with one attached hydrogen (secondary N) is 1. The molecule has 160 valence electrons. The highest BCUT2D eigenvalue weighted by Gasteiger charge is 2.36. The number of H-pyrrole nitrogens is 1. The summed E-state index contributed by atoms with van der Waals surface area (Å²) in [5.41, 5.74) is 1.84. The molecule has 2 aliphatic rings. The van der Waals surface area contributed by atoms with E-state index in [0.717, 1.165) is 36.1 Å². The molecule has 4 heterocycles. The molecule has 0 bridgehead atoms. The highest BCUT2D eigenvalue weighted by molar-refractivity contribution is 5.95. The molecule has 0 aliphatic carbocycles. The lowest BCUT2D eigenvalue weighted by molar-refractivity contribution is -0.135. The number of piperidine rings is 1. The van der Waals surface area contributed by atoms with E-state index < -0.39 is 5.82 Å². The number of halogens is 1. The third kappa shape index (κ3) is 3.78. The first-order valence-corrected chi connectivity index (χ1v) is 10.7. The Morgan fingerprint density at radius 2 is 1.94 bits per heavy atom. The number of hydrogen-bond acceptors (Lipinski definition) is 4. The zero-order valence-corrected chi connectivity index (χ0v) is 17.1. The Bertz CT molecular complexity index is 1100. The number of aromatic nitrogens is 3. The Balaban J connectivity index is 1.25. The quantitative estimate of drug-likeness (QED) is 0.705. The number of pyridine rings is 1. The second-order valence-electron chi connectivity index (χ2n) is 8.35. The predicted octanol–water partition coefficient (Wildman–Crippen LogP) is 2.97. The smallest absolute Gasteiger partial charge is 0.256 e. The molecule has 7 nitrogen and oxygen atoms in total. The van der Waals surface area contributed by atoms with Crippen LogP contribution < -0.4 is 0 Å². The molecule has 0 radical (unpaired) electrons. The van der Waals surface area contributed by atoms with E-state index in [0.29, 0.717) is 26.2 Å². The number of imidazole rings is 1. The summed E-state index contributed by atoms with van der Waals surface area (Å²) in [7, 11) is 0. The van der Waals surface area contributed by atoms with Gasteiger partial charge < -0.3 is 14.8 Å². The number of fused-ring (bicyclic) bond motifs is 1. The predicted molar refractivity (Wildman–Crippen MR) is 113 cm³/mol. The normalized spacial score (nSPS) is 21.6. The van der Waals surface area contributed by atoms with Crippen LogP contribution in [0.5, 0.6) is 0 Å². The van der Waals surface area contributed by atoms with E-state index in [1.807, 2.05) is 11.0 Å². The SMILES string of the molecule is O=C(c1ccccc1F)N1CCCC(C(=O)N2CCC(c3nc4ccncc4[nH]3)C2)C1. The van der Waals surface area contributed by atoms with Crippen molar-refractivity contribution in [3.8, 4) is 0 Å². The number of amides is 2. The molecule has 2 unspecified atom stereocenters. The molecule has 2 aliphatic heterocycles. The molecular weight excluding hydrogens is 397 g/mol. The fourth-order valence-corrected chi connectivity index (χ4v) is 4.68. The lowest BCUT2D eigenvalue weighted by Crippen LogP contribution is -2.46. The largest absolute Gasteiger partial charge is 0.342 e. The van der Waals surface area contributed by atoms with Gasteiger partial charge in [-0.05, 0) is 37.5 Å². The molecule has 2 atom stereocenters. The number of aromatic amines is 1. The molecule has 2 amide bonds. The van der Waals surface area contributed by atoms with Gasteiger partial charge in [0.15, 0.2) is 0 Å². The Morgan fingerprint density at radius 3 is 2.77 bits per heavy atom. The summed E-state index contributed by atoms with van der Waals surface area (Å²) in [5, 5.41) is 0. The molecule has 0 spiro atoms. The van der Waals surface area contributed by atoms with E-state index in [-0.39, 0.29) is 29.2 Å². The molecule has 1 N–H and O–H groups in total. The van der Waals surface area contributed by atoms with Gasteiger partial charge in [0.1, 0.15) is 11.6 Å². The molecular formula is C23H24FN5O2. The lowest BCUT2D eigenvalue weighted by atomic mass is 9.96. The Hall–Kier alpha value is -3.29. The summed E-state index contributed by atoms with van der Waals surface area (Å²) in [6, 6.07) is 7.88. The molecule has 1 aromatic carbocycles. The second kappa shape index (κ2) is 8.09. The number of hydrogen-bond donors (Lipinski definition) is 1. The van der Waals surface area contributed by atoms with Crippen molar-refractivity contribution in [3.63, 3.8) is 0 Å². The minimum Gasteiger partial charge on any atom is -0.342 e. The van der Waals surface area contributed by atoms with Crippen LogP contribution in [0.15, 0.2) is 42.7 Å². The summed E-state index contributed by atoms with van der Waals surface area (Å²) in [6.07, 6.45) is 5.81. The maximum Gasteiger partial charge on any atom is 0.256 e. The first-order valence-electron chi connectivity index (χ1n) is 10.7. The molecule has 2 fully saturated rings. The van der Waals surface area contributed by atoms with Gasteiger partial charge in [0, 0.05) is 38.3 Å². The van der Waals surface area contributed by atoms with Crippen molar-refractivity contribution in [1.29, 1.82) is 0 Å². The number of likely N-dealkylation sites (tertiary alicyclic amines) is 2. The van der Waals surface area contributed by atoms with Crippen LogP contribution in [0.25, 0.3) is 11.0 Å². The Labute approximate surface area is 179 Å². The number of carbonyl (C=O) groups is 2. The summed E-state index contributed by atoms with van der Waals surface area (Å²) in [6.45, 7) is 2.18. The van der Waals surface area contributed by atoms with E-state index in [9.17, 15) is 14.0 Å². The second-order valence-corrected chi connectivity index (χ2v) is 8.35. The monoisotopic (exact) mass is 421 g/mol. The van der Waals surface area contributed by atoms with Crippen molar-refractivity contribution in [2.24, 2.45) is 5.92 Å². The summed E-state index contributed by atoms with van der Waals surface area (Å²) in [5.74, 6) is 0.0129. The summed E-state index contributed by atoms with van der Waals surface area (Å²) < 4.78 is 14.0. The first-order chi connectivity index (χ1) is 15.1. The van der Waals surface area contributed by atoms with Crippen molar-refractivity contribution in [2.75, 3.05) is 26.2 Å². The third-order valence-corrected chi connectivity index (χ3v) is 6.35. The van der Waals surface area contributed by atoms with Crippen LogP contribution >= 0.6 is 0 Å². The zero-order valence-electron chi connectivity index (χ0n) is 17.1. The van der Waals surface area contributed by atoms with E-state index in [2.05, 4.69) is 15.0 Å². The van der Waals surface area contributed by atoms with Crippen molar-refractivity contribution < 1.29 is 14.0 Å². The van der Waals surface area contributed by atoms with Crippen molar-refractivity contribution in [3.05, 3.63) is 59.9 Å². The average molecular weight is 421 g/mol. The number of carbonyl (C=O) groups excluding carboxylic acids is 2. The van der Waals surface area contributed by atoms with E-state index in [1.54, 1.807) is 29.4 Å². The minimum absolute atomic E-state index is 0.0659. The fraction of sp³-hybridized carbons (Fsp3) is 0.391. The van der Waals surface area contributed by atoms with Gasteiger partial charge in [-0.1, -0.05) is 12.1 Å². The van der Waals surface area contributed by atoms with Crippen LogP contribution in [-0.2, 0) is 4.79 Å².